The van der Waals surface area contributed by atoms with Crippen LogP contribution in [-0.2, 0) is 6.54 Å². The Morgan fingerprint density at radius 1 is 1.35 bits per heavy atom. The Morgan fingerprint density at radius 2 is 2.15 bits per heavy atom. The number of aromatic amines is 1. The Morgan fingerprint density at radius 3 is 2.95 bits per heavy atom. The number of aromatic nitrogens is 2. The lowest BCUT2D eigenvalue weighted by molar-refractivity contribution is 0.783. The van der Waals surface area contributed by atoms with Crippen LogP contribution in [0.4, 0.5) is 0 Å². The largest absolute Gasteiger partial charge is 0.356 e. The number of hydrogen-bond acceptors (Lipinski definition) is 2. The lowest BCUT2D eigenvalue weighted by Crippen LogP contribution is -2.22. The van der Waals surface area contributed by atoms with Crippen LogP contribution in [0.5, 0.6) is 0 Å². The van der Waals surface area contributed by atoms with Crippen LogP contribution >= 0.6 is 0 Å². The average Bonchev–Trinajstić information content (AvgIpc) is 2.96. The van der Waals surface area contributed by atoms with Crippen molar-refractivity contribution in [3.63, 3.8) is 0 Å². The zero-order valence-electron chi connectivity index (χ0n) is 10.9. The summed E-state index contributed by atoms with van der Waals surface area (Å²) in [5, 5.41) is 10.2. The van der Waals surface area contributed by atoms with Gasteiger partial charge in [0, 0.05) is 22.2 Å². The van der Waals surface area contributed by atoms with Crippen molar-refractivity contribution in [1.82, 2.24) is 9.55 Å². The number of hydrogen-bond donors (Lipinski definition) is 1. The first-order valence-electron chi connectivity index (χ1n) is 6.45. The second kappa shape index (κ2) is 3.61. The van der Waals surface area contributed by atoms with Gasteiger partial charge in [-0.15, -0.1) is 0 Å². The first kappa shape index (κ1) is 11.1. The van der Waals surface area contributed by atoms with Gasteiger partial charge in [-0.1, -0.05) is 18.2 Å². The summed E-state index contributed by atoms with van der Waals surface area (Å²) in [5.74, 6) is 0. The third-order valence-electron chi connectivity index (χ3n) is 3.97. The van der Waals surface area contributed by atoms with Gasteiger partial charge in [-0.3, -0.25) is 4.79 Å². The van der Waals surface area contributed by atoms with E-state index >= 15 is 0 Å². The van der Waals surface area contributed by atoms with E-state index in [1.54, 1.807) is 4.57 Å². The molecule has 0 atom stereocenters. The molecule has 3 aromatic rings. The standard InChI is InChI=1S/C16H11N3O/c1-9-6-14-15-10-4-2-3-5-12(10)18-13(15)8-19(14)16(20)11(9)7-17/h2-6,18H,8H2,1H3. The number of nitrogens with one attached hydrogen (secondary N) is 1. The number of pyridine rings is 1. The van der Waals surface area contributed by atoms with Crippen molar-refractivity contribution in [2.75, 3.05) is 0 Å². The van der Waals surface area contributed by atoms with Crippen LogP contribution < -0.4 is 5.56 Å². The Hall–Kier alpha value is -2.80. The van der Waals surface area contributed by atoms with Crippen molar-refractivity contribution in [1.29, 1.82) is 5.26 Å². The van der Waals surface area contributed by atoms with Gasteiger partial charge in [-0.05, 0) is 24.6 Å². The highest BCUT2D eigenvalue weighted by Crippen LogP contribution is 2.37. The minimum Gasteiger partial charge on any atom is -0.356 e. The molecule has 0 unspecified atom stereocenters. The molecule has 0 radical (unpaired) electrons. The van der Waals surface area contributed by atoms with Crippen molar-refractivity contribution in [3.05, 3.63) is 57.5 Å². The molecule has 1 aliphatic rings. The third kappa shape index (κ3) is 1.22. The first-order chi connectivity index (χ1) is 9.70. The van der Waals surface area contributed by atoms with Crippen molar-refractivity contribution in [2.45, 2.75) is 13.5 Å². The summed E-state index contributed by atoms with van der Waals surface area (Å²) in [6.45, 7) is 2.32. The molecule has 1 aliphatic heterocycles. The van der Waals surface area contributed by atoms with Crippen LogP contribution in [0.2, 0.25) is 0 Å². The number of fused-ring (bicyclic) bond motifs is 5. The maximum absolute atomic E-state index is 12.3. The molecule has 0 saturated heterocycles. The Labute approximate surface area is 114 Å². The van der Waals surface area contributed by atoms with Gasteiger partial charge in [-0.2, -0.15) is 5.26 Å². The van der Waals surface area contributed by atoms with E-state index in [4.69, 9.17) is 5.26 Å². The van der Waals surface area contributed by atoms with Crippen LogP contribution in [-0.4, -0.2) is 9.55 Å². The fraction of sp³-hybridized carbons (Fsp3) is 0.125. The molecule has 0 spiro atoms. The summed E-state index contributed by atoms with van der Waals surface area (Å²) in [6, 6.07) is 12.0. The number of para-hydroxylation sites is 1. The lowest BCUT2D eigenvalue weighted by Gasteiger charge is -2.07. The summed E-state index contributed by atoms with van der Waals surface area (Å²) in [5.41, 5.74) is 4.89. The predicted molar refractivity (Wildman–Crippen MR) is 76.5 cm³/mol. The van der Waals surface area contributed by atoms with E-state index in [0.717, 1.165) is 33.4 Å². The number of benzene rings is 1. The van der Waals surface area contributed by atoms with Crippen molar-refractivity contribution in [3.8, 4) is 17.3 Å². The maximum Gasteiger partial charge on any atom is 0.269 e. The van der Waals surface area contributed by atoms with E-state index in [2.05, 4.69) is 11.1 Å². The molecule has 0 bridgehead atoms. The van der Waals surface area contributed by atoms with Gasteiger partial charge in [0.1, 0.15) is 11.6 Å². The number of nitrogens with zero attached hydrogens (tertiary/aromatic N) is 2. The Balaban J connectivity index is 2.13. The molecule has 1 aromatic carbocycles. The van der Waals surface area contributed by atoms with Crippen molar-refractivity contribution < 1.29 is 0 Å². The smallest absolute Gasteiger partial charge is 0.269 e. The average molecular weight is 261 g/mol. The number of nitriles is 1. The van der Waals surface area contributed by atoms with Gasteiger partial charge in [0.2, 0.25) is 0 Å². The molecular formula is C16H11N3O. The fourth-order valence-electron chi connectivity index (χ4n) is 3.04. The molecule has 2 aromatic heterocycles. The van der Waals surface area contributed by atoms with Gasteiger partial charge >= 0.3 is 0 Å². The van der Waals surface area contributed by atoms with E-state index in [1.807, 2.05) is 37.3 Å². The first-order valence-corrected chi connectivity index (χ1v) is 6.45. The highest BCUT2D eigenvalue weighted by molar-refractivity contribution is 5.98. The number of aryl methyl sites for hydroxylation is 1. The second-order valence-corrected chi connectivity index (χ2v) is 5.11. The molecular weight excluding hydrogens is 250 g/mol. The summed E-state index contributed by atoms with van der Waals surface area (Å²) in [7, 11) is 0. The third-order valence-corrected chi connectivity index (χ3v) is 3.97. The van der Waals surface area contributed by atoms with Gasteiger partial charge in [0.05, 0.1) is 12.2 Å². The van der Waals surface area contributed by atoms with E-state index in [0.29, 0.717) is 6.54 Å². The van der Waals surface area contributed by atoms with Crippen molar-refractivity contribution in [2.24, 2.45) is 0 Å². The second-order valence-electron chi connectivity index (χ2n) is 5.11. The number of rotatable bonds is 0. The lowest BCUT2D eigenvalue weighted by atomic mass is 10.1. The molecule has 0 saturated carbocycles. The normalized spacial score (nSPS) is 12.2. The summed E-state index contributed by atoms with van der Waals surface area (Å²) < 4.78 is 1.68. The van der Waals surface area contributed by atoms with Crippen LogP contribution in [0.25, 0.3) is 22.2 Å². The quantitative estimate of drug-likeness (QED) is 0.528. The van der Waals surface area contributed by atoms with E-state index in [9.17, 15) is 4.79 Å². The van der Waals surface area contributed by atoms with Gasteiger partial charge in [0.15, 0.2) is 0 Å². The monoisotopic (exact) mass is 261 g/mol. The Kier molecular flexibility index (Phi) is 2.00. The Bertz CT molecular complexity index is 970. The van der Waals surface area contributed by atoms with Gasteiger partial charge < -0.3 is 9.55 Å². The molecule has 0 amide bonds. The zero-order valence-corrected chi connectivity index (χ0v) is 10.9. The number of H-pyrrole nitrogens is 1. The van der Waals surface area contributed by atoms with Gasteiger partial charge in [-0.25, -0.2) is 0 Å². The molecule has 4 rings (SSSR count). The summed E-state index contributed by atoms with van der Waals surface area (Å²) >= 11 is 0. The zero-order chi connectivity index (χ0) is 13.9. The van der Waals surface area contributed by atoms with Gasteiger partial charge in [0.25, 0.3) is 5.56 Å². The molecule has 1 N–H and O–H groups in total. The minimum absolute atomic E-state index is 0.198. The topological polar surface area (TPSA) is 61.6 Å². The molecule has 20 heavy (non-hydrogen) atoms. The van der Waals surface area contributed by atoms with E-state index in [-0.39, 0.29) is 11.1 Å². The SMILES string of the molecule is Cc1cc2n(c(=O)c1C#N)Cc1[nH]c3ccccc3c1-2. The highest BCUT2D eigenvalue weighted by atomic mass is 16.1. The van der Waals surface area contributed by atoms with E-state index < -0.39 is 0 Å². The molecule has 0 fully saturated rings. The molecule has 96 valence electrons. The van der Waals surface area contributed by atoms with Crippen molar-refractivity contribution >= 4 is 10.9 Å². The van der Waals surface area contributed by atoms with E-state index in [1.165, 1.54) is 0 Å². The minimum atomic E-state index is -0.198. The maximum atomic E-state index is 12.3. The molecule has 4 nitrogen and oxygen atoms in total. The predicted octanol–water partition coefficient (Wildman–Crippen LogP) is 2.54. The fourth-order valence-corrected chi connectivity index (χ4v) is 3.04. The van der Waals surface area contributed by atoms with Crippen LogP contribution in [0.1, 0.15) is 16.8 Å². The molecule has 0 aliphatic carbocycles. The molecule has 3 heterocycles. The van der Waals surface area contributed by atoms with Crippen LogP contribution in [0.3, 0.4) is 0 Å². The molecule has 4 heteroatoms. The summed E-state index contributed by atoms with van der Waals surface area (Å²) in [6.07, 6.45) is 0. The summed E-state index contributed by atoms with van der Waals surface area (Å²) in [4.78, 5) is 15.7. The highest BCUT2D eigenvalue weighted by Gasteiger charge is 2.25. The van der Waals surface area contributed by atoms with Crippen LogP contribution in [0, 0.1) is 18.3 Å². The van der Waals surface area contributed by atoms with Crippen LogP contribution in [0.15, 0.2) is 35.1 Å².